The summed E-state index contributed by atoms with van der Waals surface area (Å²) in [5.41, 5.74) is 0.845. The Morgan fingerprint density at radius 3 is 2.85 bits per heavy atom. The normalized spacial score (nSPS) is 10.3. The van der Waals surface area contributed by atoms with Crippen molar-refractivity contribution in [3.63, 3.8) is 0 Å². The van der Waals surface area contributed by atoms with Crippen LogP contribution in [0.3, 0.4) is 0 Å². The van der Waals surface area contributed by atoms with E-state index in [4.69, 9.17) is 14.0 Å². The maximum absolute atomic E-state index is 12.1. The summed E-state index contributed by atoms with van der Waals surface area (Å²) in [7, 11) is 1.47. The van der Waals surface area contributed by atoms with Gasteiger partial charge in [-0.15, -0.1) is 11.3 Å². The van der Waals surface area contributed by atoms with Crippen LogP contribution in [0.15, 0.2) is 52.4 Å². The minimum Gasteiger partial charge on any atom is -0.496 e. The molecule has 0 aliphatic rings. The van der Waals surface area contributed by atoms with E-state index in [2.05, 4.69) is 10.5 Å². The molecule has 0 bridgehead atoms. The van der Waals surface area contributed by atoms with E-state index in [1.54, 1.807) is 30.3 Å². The monoisotopic (exact) mass is 372 g/mol. The largest absolute Gasteiger partial charge is 0.496 e. The Bertz CT molecular complexity index is 889. The van der Waals surface area contributed by atoms with Crippen molar-refractivity contribution in [2.24, 2.45) is 0 Å². The van der Waals surface area contributed by atoms with Gasteiger partial charge >= 0.3 is 5.97 Å². The third-order valence-corrected chi connectivity index (χ3v) is 4.33. The third kappa shape index (κ3) is 4.28. The minimum absolute atomic E-state index is 0.0295. The highest BCUT2D eigenvalue weighted by atomic mass is 32.1. The second-order valence-corrected chi connectivity index (χ2v) is 6.15. The maximum atomic E-state index is 12.1. The summed E-state index contributed by atoms with van der Waals surface area (Å²) < 4.78 is 15.4. The number of aromatic nitrogens is 1. The highest BCUT2D eigenvalue weighted by molar-refractivity contribution is 7.13. The molecular weight excluding hydrogens is 356 g/mol. The third-order valence-electron chi connectivity index (χ3n) is 3.45. The fourth-order valence-corrected chi connectivity index (χ4v) is 2.87. The lowest BCUT2D eigenvalue weighted by Crippen LogP contribution is -2.30. The topological polar surface area (TPSA) is 90.7 Å². The lowest BCUT2D eigenvalue weighted by Gasteiger charge is -2.08. The van der Waals surface area contributed by atoms with E-state index < -0.39 is 11.9 Å². The molecule has 3 aromatic rings. The van der Waals surface area contributed by atoms with E-state index in [1.807, 2.05) is 17.5 Å². The molecule has 8 heteroatoms. The number of thiophene rings is 1. The quantitative estimate of drug-likeness (QED) is 0.641. The summed E-state index contributed by atoms with van der Waals surface area (Å²) in [6, 6.07) is 12.3. The molecule has 2 aromatic heterocycles. The van der Waals surface area contributed by atoms with Gasteiger partial charge in [-0.3, -0.25) is 9.59 Å². The van der Waals surface area contributed by atoms with Crippen LogP contribution in [0.25, 0.3) is 10.6 Å². The predicted octanol–water partition coefficient (Wildman–Crippen LogP) is 2.88. The van der Waals surface area contributed by atoms with Gasteiger partial charge in [0.05, 0.1) is 17.6 Å². The van der Waals surface area contributed by atoms with Crippen molar-refractivity contribution >= 4 is 23.2 Å². The van der Waals surface area contributed by atoms with Crippen molar-refractivity contribution in [1.82, 2.24) is 10.5 Å². The number of amides is 1. The fraction of sp³-hybridized carbons (Fsp3) is 0.167. The van der Waals surface area contributed by atoms with Crippen LogP contribution in [0.5, 0.6) is 5.75 Å². The Hall–Kier alpha value is -3.13. The number of rotatable bonds is 7. The Labute approximate surface area is 153 Å². The van der Waals surface area contributed by atoms with Crippen molar-refractivity contribution < 1.29 is 23.6 Å². The van der Waals surface area contributed by atoms with E-state index in [-0.39, 0.29) is 13.2 Å². The van der Waals surface area contributed by atoms with Crippen molar-refractivity contribution in [2.75, 3.05) is 13.7 Å². The minimum atomic E-state index is -0.575. The number of nitrogens with one attached hydrogen (secondary N) is 1. The molecule has 1 aromatic carbocycles. The van der Waals surface area contributed by atoms with Gasteiger partial charge in [-0.1, -0.05) is 23.4 Å². The van der Waals surface area contributed by atoms with Gasteiger partial charge in [-0.25, -0.2) is 0 Å². The van der Waals surface area contributed by atoms with Gasteiger partial charge in [0.2, 0.25) is 0 Å². The Morgan fingerprint density at radius 2 is 2.08 bits per heavy atom. The highest BCUT2D eigenvalue weighted by Gasteiger charge is 2.14. The number of hydrogen-bond donors (Lipinski definition) is 1. The van der Waals surface area contributed by atoms with E-state index >= 15 is 0 Å². The number of methoxy groups -OCH3 is 1. The van der Waals surface area contributed by atoms with Crippen LogP contribution in [-0.2, 0) is 16.1 Å². The smallest absolute Gasteiger partial charge is 0.325 e. The summed E-state index contributed by atoms with van der Waals surface area (Å²) in [6.45, 7) is -0.287. The highest BCUT2D eigenvalue weighted by Crippen LogP contribution is 2.25. The lowest BCUT2D eigenvalue weighted by atomic mass is 10.2. The van der Waals surface area contributed by atoms with Crippen LogP contribution < -0.4 is 10.1 Å². The zero-order valence-electron chi connectivity index (χ0n) is 13.9. The molecule has 0 unspecified atom stereocenters. The van der Waals surface area contributed by atoms with E-state index in [1.165, 1.54) is 18.4 Å². The van der Waals surface area contributed by atoms with Crippen LogP contribution in [-0.4, -0.2) is 30.7 Å². The van der Waals surface area contributed by atoms with Gasteiger partial charge in [0.25, 0.3) is 5.91 Å². The Kier molecular flexibility index (Phi) is 5.65. The number of hydrogen-bond acceptors (Lipinski definition) is 7. The second-order valence-electron chi connectivity index (χ2n) is 5.20. The zero-order chi connectivity index (χ0) is 18.4. The van der Waals surface area contributed by atoms with Crippen LogP contribution in [0, 0.1) is 0 Å². The van der Waals surface area contributed by atoms with Crippen LogP contribution in [0.4, 0.5) is 0 Å². The number of esters is 1. The molecule has 0 atom stereocenters. The van der Waals surface area contributed by atoms with Gasteiger partial charge < -0.3 is 19.3 Å². The first kappa shape index (κ1) is 17.7. The summed E-state index contributed by atoms with van der Waals surface area (Å²) >= 11 is 1.53. The molecule has 1 N–H and O–H groups in total. The molecule has 0 radical (unpaired) electrons. The Balaban J connectivity index is 1.48. The molecule has 0 spiro atoms. The van der Waals surface area contributed by atoms with Crippen molar-refractivity contribution in [3.05, 3.63) is 59.1 Å². The zero-order valence-corrected chi connectivity index (χ0v) is 14.7. The first-order chi connectivity index (χ1) is 12.7. The SMILES string of the molecule is COc1ccccc1C(=O)NCC(=O)OCc1cc(-c2cccs2)on1. The number of ether oxygens (including phenoxy) is 2. The first-order valence-corrected chi connectivity index (χ1v) is 8.61. The molecule has 0 saturated heterocycles. The Morgan fingerprint density at radius 1 is 1.23 bits per heavy atom. The molecule has 0 fully saturated rings. The van der Waals surface area contributed by atoms with Crippen molar-refractivity contribution in [2.45, 2.75) is 6.61 Å². The fourth-order valence-electron chi connectivity index (χ4n) is 2.20. The van der Waals surface area contributed by atoms with E-state index in [0.29, 0.717) is 22.8 Å². The summed E-state index contributed by atoms with van der Waals surface area (Å²) in [4.78, 5) is 24.9. The van der Waals surface area contributed by atoms with Crippen LogP contribution >= 0.6 is 11.3 Å². The van der Waals surface area contributed by atoms with Gasteiger partial charge in [0, 0.05) is 6.07 Å². The van der Waals surface area contributed by atoms with Gasteiger partial charge in [-0.2, -0.15) is 0 Å². The number of benzene rings is 1. The average Bonchev–Trinajstić information content (AvgIpc) is 3.35. The molecule has 0 aliphatic carbocycles. The van der Waals surface area contributed by atoms with Crippen molar-refractivity contribution in [1.29, 1.82) is 0 Å². The molecule has 0 saturated carbocycles. The van der Waals surface area contributed by atoms with E-state index in [9.17, 15) is 9.59 Å². The van der Waals surface area contributed by atoms with E-state index in [0.717, 1.165) is 4.88 Å². The predicted molar refractivity (Wildman–Crippen MR) is 94.9 cm³/mol. The molecule has 7 nitrogen and oxygen atoms in total. The number of carbonyl (C=O) groups is 2. The second kappa shape index (κ2) is 8.30. The molecule has 3 rings (SSSR count). The van der Waals surface area contributed by atoms with Gasteiger partial charge in [0.1, 0.15) is 24.6 Å². The summed E-state index contributed by atoms with van der Waals surface area (Å²) in [5.74, 6) is 0.0623. The average molecular weight is 372 g/mol. The van der Waals surface area contributed by atoms with Gasteiger partial charge in [0.15, 0.2) is 5.76 Å². The standard InChI is InChI=1S/C18H16N2O5S/c1-23-14-6-3-2-5-13(14)18(22)19-10-17(21)24-11-12-9-15(25-20-12)16-7-4-8-26-16/h2-9H,10-11H2,1H3,(H,19,22). The molecule has 2 heterocycles. The molecule has 0 aliphatic heterocycles. The molecular formula is C18H16N2O5S. The molecule has 26 heavy (non-hydrogen) atoms. The maximum Gasteiger partial charge on any atom is 0.325 e. The molecule has 1 amide bonds. The lowest BCUT2D eigenvalue weighted by molar-refractivity contribution is -0.143. The van der Waals surface area contributed by atoms with Gasteiger partial charge in [-0.05, 0) is 23.6 Å². The number of nitrogens with zero attached hydrogens (tertiary/aromatic N) is 1. The van der Waals surface area contributed by atoms with Crippen LogP contribution in [0.1, 0.15) is 16.1 Å². The van der Waals surface area contributed by atoms with Crippen LogP contribution in [0.2, 0.25) is 0 Å². The number of carbonyl (C=O) groups excluding carboxylic acids is 2. The van der Waals surface area contributed by atoms with Crippen molar-refractivity contribution in [3.8, 4) is 16.4 Å². The molecule has 134 valence electrons. The summed E-state index contributed by atoms with van der Waals surface area (Å²) in [5, 5.41) is 8.29. The summed E-state index contributed by atoms with van der Waals surface area (Å²) in [6.07, 6.45) is 0. The number of para-hydroxylation sites is 1. The first-order valence-electron chi connectivity index (χ1n) is 7.73.